The summed E-state index contributed by atoms with van der Waals surface area (Å²) in [5.74, 6) is 0. The van der Waals surface area contributed by atoms with Crippen molar-refractivity contribution in [2.45, 2.75) is 15.4 Å². The molecule has 0 aromatic carbocycles. The summed E-state index contributed by atoms with van der Waals surface area (Å²) in [5.41, 5.74) is 0. The zero-order valence-electron chi connectivity index (χ0n) is 5.73. The van der Waals surface area contributed by atoms with Crippen LogP contribution in [0.4, 0.5) is 0 Å². The minimum Gasteiger partial charge on any atom is -0.359 e. The van der Waals surface area contributed by atoms with E-state index in [1.54, 1.807) is 0 Å². The van der Waals surface area contributed by atoms with Crippen LogP contribution in [0.25, 0.3) is 0 Å². The third-order valence-corrected chi connectivity index (χ3v) is 7.06. The van der Waals surface area contributed by atoms with Gasteiger partial charge in [0.15, 0.2) is 0 Å². The molecule has 2 atom stereocenters. The Morgan fingerprint density at radius 1 is 1.25 bits per heavy atom. The number of ether oxygens (including phenoxy) is 1. The number of halogens is 4. The first-order valence-corrected chi connectivity index (χ1v) is 6.48. The van der Waals surface area contributed by atoms with Gasteiger partial charge in [0.1, 0.15) is 15.4 Å². The molecule has 0 aromatic heterocycles. The van der Waals surface area contributed by atoms with Crippen LogP contribution < -0.4 is 0 Å². The van der Waals surface area contributed by atoms with E-state index in [1.807, 2.05) is 12.2 Å². The number of hydrogen-bond acceptors (Lipinski definition) is 1. The van der Waals surface area contributed by atoms with Crippen LogP contribution in [0, 0.1) is 0 Å². The summed E-state index contributed by atoms with van der Waals surface area (Å²) < 4.78 is 7.42. The molecule has 0 N–H and O–H groups in total. The van der Waals surface area contributed by atoms with E-state index in [0.29, 0.717) is 0 Å². The molecule has 0 amide bonds. The second-order valence-corrected chi connectivity index (χ2v) is 7.86. The normalized spacial score (nSPS) is 37.7. The molecule has 0 saturated carbocycles. The molecule has 0 aliphatic carbocycles. The fourth-order valence-electron chi connectivity index (χ4n) is 1.21. The maximum Gasteiger partial charge on any atom is 0.142 e. The van der Waals surface area contributed by atoms with Gasteiger partial charge in [-0.1, -0.05) is 75.9 Å². The second-order valence-electron chi connectivity index (χ2n) is 2.65. The molecule has 5 heteroatoms. The van der Waals surface area contributed by atoms with E-state index in [2.05, 4.69) is 63.7 Å². The van der Waals surface area contributed by atoms with E-state index < -0.39 is 0 Å². The van der Waals surface area contributed by atoms with Crippen LogP contribution in [0.1, 0.15) is 0 Å². The highest BCUT2D eigenvalue weighted by atomic mass is 79.9. The Morgan fingerprint density at radius 2 is 1.92 bits per heavy atom. The SMILES string of the molecule is BrC1=C(Br)C(Br)(Br)[C@@H]2C=C[C@H]1O2. The smallest absolute Gasteiger partial charge is 0.142 e. The van der Waals surface area contributed by atoms with Crippen LogP contribution in [0.5, 0.6) is 0 Å². The van der Waals surface area contributed by atoms with Crippen molar-refractivity contribution in [3.05, 3.63) is 21.1 Å². The zero-order valence-corrected chi connectivity index (χ0v) is 12.1. The lowest BCUT2D eigenvalue weighted by atomic mass is 10.2. The van der Waals surface area contributed by atoms with E-state index in [4.69, 9.17) is 4.74 Å². The van der Waals surface area contributed by atoms with E-state index in [-0.39, 0.29) is 15.4 Å². The van der Waals surface area contributed by atoms with Crippen molar-refractivity contribution in [3.63, 3.8) is 0 Å². The maximum atomic E-state index is 5.66. The summed E-state index contributed by atoms with van der Waals surface area (Å²) >= 11 is 14.1. The number of rotatable bonds is 0. The van der Waals surface area contributed by atoms with Gasteiger partial charge in [0.05, 0.1) is 0 Å². The van der Waals surface area contributed by atoms with Crippen molar-refractivity contribution >= 4 is 63.7 Å². The molecule has 0 radical (unpaired) electrons. The first-order chi connectivity index (χ1) is 5.53. The average Bonchev–Trinajstić information content (AvgIpc) is 2.46. The number of hydrogen-bond donors (Lipinski definition) is 0. The number of alkyl halides is 2. The summed E-state index contributed by atoms with van der Waals surface area (Å²) in [4.78, 5) is 0. The maximum absolute atomic E-state index is 5.66. The lowest BCUT2D eigenvalue weighted by Crippen LogP contribution is -2.36. The van der Waals surface area contributed by atoms with Crippen LogP contribution in [0.2, 0.25) is 0 Å². The molecular weight excluding hydrogens is 420 g/mol. The summed E-state index contributed by atoms with van der Waals surface area (Å²) in [6.07, 6.45) is 4.22. The Labute approximate surface area is 104 Å². The van der Waals surface area contributed by atoms with E-state index in [0.717, 1.165) is 8.96 Å². The third kappa shape index (κ3) is 1.32. The van der Waals surface area contributed by atoms with Gasteiger partial charge in [0.25, 0.3) is 0 Å². The molecule has 2 rings (SSSR count). The molecule has 0 spiro atoms. The topological polar surface area (TPSA) is 9.23 Å². The van der Waals surface area contributed by atoms with Crippen molar-refractivity contribution in [1.29, 1.82) is 0 Å². The summed E-state index contributed by atoms with van der Waals surface area (Å²) in [7, 11) is 0. The van der Waals surface area contributed by atoms with Gasteiger partial charge < -0.3 is 4.74 Å². The standard InChI is InChI=1S/C7H4Br4O/c8-5-3-1-2-4(12-3)7(10,11)6(5)9/h1-4H/t3-,4+/m1/s1. The summed E-state index contributed by atoms with van der Waals surface area (Å²) in [6, 6.07) is 0. The lowest BCUT2D eigenvalue weighted by molar-refractivity contribution is 0.0773. The highest BCUT2D eigenvalue weighted by Gasteiger charge is 2.46. The van der Waals surface area contributed by atoms with Crippen molar-refractivity contribution in [3.8, 4) is 0 Å². The second kappa shape index (κ2) is 3.19. The van der Waals surface area contributed by atoms with E-state index in [9.17, 15) is 0 Å². The van der Waals surface area contributed by atoms with Gasteiger partial charge in [-0.05, 0) is 0 Å². The molecule has 0 saturated heterocycles. The molecule has 2 aliphatic heterocycles. The van der Waals surface area contributed by atoms with Crippen molar-refractivity contribution in [2.75, 3.05) is 0 Å². The third-order valence-electron chi connectivity index (χ3n) is 1.86. The molecule has 0 fully saturated rings. The molecule has 66 valence electrons. The van der Waals surface area contributed by atoms with Crippen LogP contribution in [-0.4, -0.2) is 15.4 Å². The van der Waals surface area contributed by atoms with Crippen LogP contribution in [0.15, 0.2) is 21.1 Å². The first kappa shape index (κ1) is 9.90. The first-order valence-electron chi connectivity index (χ1n) is 3.30. The zero-order chi connectivity index (χ0) is 8.93. The Bertz CT molecular complexity index is 281. The van der Waals surface area contributed by atoms with E-state index in [1.165, 1.54) is 0 Å². The quantitative estimate of drug-likeness (QED) is 0.425. The lowest BCUT2D eigenvalue weighted by Gasteiger charge is -2.33. The predicted octanol–water partition coefficient (Wildman–Crippen LogP) is 3.81. The predicted molar refractivity (Wildman–Crippen MR) is 63.3 cm³/mol. The Balaban J connectivity index is 2.51. The van der Waals surface area contributed by atoms with Crippen molar-refractivity contribution < 1.29 is 4.74 Å². The van der Waals surface area contributed by atoms with Gasteiger partial charge in [0.2, 0.25) is 0 Å². The van der Waals surface area contributed by atoms with Gasteiger partial charge >= 0.3 is 0 Å². The van der Waals surface area contributed by atoms with Gasteiger partial charge in [-0.2, -0.15) is 0 Å². The molecule has 12 heavy (non-hydrogen) atoms. The molecule has 2 bridgehead atoms. The molecule has 2 heterocycles. The largest absolute Gasteiger partial charge is 0.359 e. The van der Waals surface area contributed by atoms with Gasteiger partial charge in [0, 0.05) is 8.96 Å². The van der Waals surface area contributed by atoms with Crippen LogP contribution in [-0.2, 0) is 4.74 Å². The average molecular weight is 424 g/mol. The van der Waals surface area contributed by atoms with E-state index >= 15 is 0 Å². The minimum atomic E-state index is -0.317. The fourth-order valence-corrected chi connectivity index (χ4v) is 3.71. The summed E-state index contributed by atoms with van der Waals surface area (Å²) in [6.45, 7) is 0. The fraction of sp³-hybridized carbons (Fsp3) is 0.429. The molecule has 2 aliphatic rings. The molecule has 0 unspecified atom stereocenters. The number of fused-ring (bicyclic) bond motifs is 2. The molecular formula is C7H4Br4O. The van der Waals surface area contributed by atoms with Gasteiger partial charge in [-0.15, -0.1) is 0 Å². The summed E-state index contributed by atoms with van der Waals surface area (Å²) in [5, 5.41) is 0. The van der Waals surface area contributed by atoms with Crippen molar-refractivity contribution in [2.24, 2.45) is 0 Å². The van der Waals surface area contributed by atoms with Crippen LogP contribution in [0.3, 0.4) is 0 Å². The minimum absolute atomic E-state index is 0.0539. The molecule has 1 nitrogen and oxygen atoms in total. The van der Waals surface area contributed by atoms with Crippen molar-refractivity contribution in [1.82, 2.24) is 0 Å². The Morgan fingerprint density at radius 3 is 2.58 bits per heavy atom. The highest BCUT2D eigenvalue weighted by Crippen LogP contribution is 2.52. The van der Waals surface area contributed by atoms with Gasteiger partial charge in [-0.25, -0.2) is 0 Å². The van der Waals surface area contributed by atoms with Crippen LogP contribution >= 0.6 is 63.7 Å². The van der Waals surface area contributed by atoms with Gasteiger partial charge in [-0.3, -0.25) is 0 Å². The monoisotopic (exact) mass is 420 g/mol. The Hall–Kier alpha value is 1.36. The highest BCUT2D eigenvalue weighted by molar-refractivity contribution is 9.26. The molecule has 0 aromatic rings. The Kier molecular flexibility index (Phi) is 2.63.